The molecule has 0 bridgehead atoms. The van der Waals surface area contributed by atoms with E-state index in [9.17, 15) is 0 Å². The Morgan fingerprint density at radius 1 is 1.06 bits per heavy atom. The zero-order valence-electron chi connectivity index (χ0n) is 12.1. The van der Waals surface area contributed by atoms with Crippen LogP contribution in [0.15, 0.2) is 0 Å². The summed E-state index contributed by atoms with van der Waals surface area (Å²) >= 11 is 0. The normalized spacial score (nSPS) is 37.2. The standard InChI is InChI=1S/C16H31N/c1-13-4-6-14(7-5-13)9-11-17-15-8-10-16(2,3)12-15/h13-15,17H,4-12H2,1-3H3. The average molecular weight is 237 g/mol. The summed E-state index contributed by atoms with van der Waals surface area (Å²) in [6.07, 6.45) is 11.5. The van der Waals surface area contributed by atoms with Gasteiger partial charge >= 0.3 is 0 Å². The third-order valence-corrected chi connectivity index (χ3v) is 5.09. The first-order chi connectivity index (χ1) is 8.05. The van der Waals surface area contributed by atoms with E-state index in [0.29, 0.717) is 5.41 Å². The molecule has 2 aliphatic rings. The smallest absolute Gasteiger partial charge is 0.00723 e. The van der Waals surface area contributed by atoms with E-state index < -0.39 is 0 Å². The Morgan fingerprint density at radius 2 is 1.76 bits per heavy atom. The summed E-state index contributed by atoms with van der Waals surface area (Å²) in [5.41, 5.74) is 0.595. The Labute approximate surface area is 108 Å². The van der Waals surface area contributed by atoms with Crippen LogP contribution in [0.1, 0.15) is 72.1 Å². The van der Waals surface area contributed by atoms with Gasteiger partial charge < -0.3 is 5.32 Å². The van der Waals surface area contributed by atoms with Crippen molar-refractivity contribution in [3.05, 3.63) is 0 Å². The molecule has 2 rings (SSSR count). The molecule has 0 aliphatic heterocycles. The van der Waals surface area contributed by atoms with Gasteiger partial charge in [0, 0.05) is 6.04 Å². The molecular weight excluding hydrogens is 206 g/mol. The number of nitrogens with one attached hydrogen (secondary N) is 1. The van der Waals surface area contributed by atoms with Gasteiger partial charge in [-0.25, -0.2) is 0 Å². The Hall–Kier alpha value is -0.0400. The first-order valence-electron chi connectivity index (χ1n) is 7.78. The van der Waals surface area contributed by atoms with E-state index in [4.69, 9.17) is 0 Å². The monoisotopic (exact) mass is 237 g/mol. The predicted molar refractivity (Wildman–Crippen MR) is 75.2 cm³/mol. The van der Waals surface area contributed by atoms with Gasteiger partial charge in [0.1, 0.15) is 0 Å². The number of hydrogen-bond acceptors (Lipinski definition) is 1. The summed E-state index contributed by atoms with van der Waals surface area (Å²) in [6, 6.07) is 0.813. The summed E-state index contributed by atoms with van der Waals surface area (Å²) in [5, 5.41) is 3.80. The van der Waals surface area contributed by atoms with E-state index in [2.05, 4.69) is 26.1 Å². The Morgan fingerprint density at radius 3 is 2.35 bits per heavy atom. The highest BCUT2D eigenvalue weighted by atomic mass is 14.9. The highest BCUT2D eigenvalue weighted by Gasteiger charge is 2.30. The Bertz CT molecular complexity index is 226. The minimum Gasteiger partial charge on any atom is -0.314 e. The fourth-order valence-electron chi connectivity index (χ4n) is 3.72. The molecule has 0 aromatic rings. The summed E-state index contributed by atoms with van der Waals surface area (Å²) in [4.78, 5) is 0. The first-order valence-corrected chi connectivity index (χ1v) is 7.78. The molecule has 0 aromatic carbocycles. The second kappa shape index (κ2) is 5.73. The van der Waals surface area contributed by atoms with E-state index in [1.165, 1.54) is 57.9 Å². The number of hydrogen-bond donors (Lipinski definition) is 1. The van der Waals surface area contributed by atoms with Crippen molar-refractivity contribution in [3.8, 4) is 0 Å². The third kappa shape index (κ3) is 4.28. The van der Waals surface area contributed by atoms with Crippen molar-refractivity contribution in [1.82, 2.24) is 5.32 Å². The van der Waals surface area contributed by atoms with Gasteiger partial charge in [0.15, 0.2) is 0 Å². The fraction of sp³-hybridized carbons (Fsp3) is 1.00. The van der Waals surface area contributed by atoms with Crippen LogP contribution in [0.4, 0.5) is 0 Å². The van der Waals surface area contributed by atoms with Crippen molar-refractivity contribution in [2.45, 2.75) is 78.2 Å². The van der Waals surface area contributed by atoms with Gasteiger partial charge in [-0.3, -0.25) is 0 Å². The van der Waals surface area contributed by atoms with Crippen molar-refractivity contribution in [2.75, 3.05) is 6.54 Å². The molecule has 1 unspecified atom stereocenters. The molecule has 1 atom stereocenters. The average Bonchev–Trinajstić information content (AvgIpc) is 2.61. The van der Waals surface area contributed by atoms with Gasteiger partial charge in [-0.1, -0.05) is 46.5 Å². The van der Waals surface area contributed by atoms with Crippen LogP contribution in [0.5, 0.6) is 0 Å². The van der Waals surface area contributed by atoms with Gasteiger partial charge in [-0.05, 0) is 49.5 Å². The van der Waals surface area contributed by atoms with Crippen molar-refractivity contribution in [2.24, 2.45) is 17.3 Å². The van der Waals surface area contributed by atoms with Crippen LogP contribution in [-0.2, 0) is 0 Å². The van der Waals surface area contributed by atoms with Gasteiger partial charge in [0.25, 0.3) is 0 Å². The maximum absolute atomic E-state index is 3.80. The molecule has 100 valence electrons. The lowest BCUT2D eigenvalue weighted by Crippen LogP contribution is -2.30. The van der Waals surface area contributed by atoms with Crippen LogP contribution in [0.3, 0.4) is 0 Å². The molecule has 0 aromatic heterocycles. The molecule has 0 spiro atoms. The van der Waals surface area contributed by atoms with E-state index in [0.717, 1.165) is 17.9 Å². The summed E-state index contributed by atoms with van der Waals surface area (Å²) in [5.74, 6) is 2.02. The zero-order chi connectivity index (χ0) is 12.3. The van der Waals surface area contributed by atoms with Gasteiger partial charge in [-0.2, -0.15) is 0 Å². The van der Waals surface area contributed by atoms with Gasteiger partial charge in [0.2, 0.25) is 0 Å². The lowest BCUT2D eigenvalue weighted by molar-refractivity contribution is 0.271. The van der Waals surface area contributed by atoms with Crippen molar-refractivity contribution < 1.29 is 0 Å². The minimum atomic E-state index is 0.595. The summed E-state index contributed by atoms with van der Waals surface area (Å²) < 4.78 is 0. The zero-order valence-corrected chi connectivity index (χ0v) is 12.1. The second-order valence-corrected chi connectivity index (χ2v) is 7.47. The van der Waals surface area contributed by atoms with Crippen LogP contribution in [-0.4, -0.2) is 12.6 Å². The Kier molecular flexibility index (Phi) is 4.52. The SMILES string of the molecule is CC1CCC(CCNC2CCC(C)(C)C2)CC1. The predicted octanol–water partition coefficient (Wildman–Crippen LogP) is 4.37. The minimum absolute atomic E-state index is 0.595. The largest absolute Gasteiger partial charge is 0.314 e. The van der Waals surface area contributed by atoms with E-state index in [1.54, 1.807) is 0 Å². The molecule has 1 nitrogen and oxygen atoms in total. The molecular formula is C16H31N. The highest BCUT2D eigenvalue weighted by molar-refractivity contribution is 4.86. The van der Waals surface area contributed by atoms with Crippen LogP contribution in [0, 0.1) is 17.3 Å². The lowest BCUT2D eigenvalue weighted by atomic mass is 9.81. The van der Waals surface area contributed by atoms with Gasteiger partial charge in [-0.15, -0.1) is 0 Å². The van der Waals surface area contributed by atoms with E-state index in [1.807, 2.05) is 0 Å². The van der Waals surface area contributed by atoms with Gasteiger partial charge in [0.05, 0.1) is 0 Å². The molecule has 0 saturated heterocycles. The first kappa shape index (κ1) is 13.4. The molecule has 0 amide bonds. The molecule has 2 fully saturated rings. The molecule has 1 N–H and O–H groups in total. The van der Waals surface area contributed by atoms with Crippen LogP contribution < -0.4 is 5.32 Å². The van der Waals surface area contributed by atoms with Crippen LogP contribution in [0.2, 0.25) is 0 Å². The second-order valence-electron chi connectivity index (χ2n) is 7.47. The summed E-state index contributed by atoms with van der Waals surface area (Å²) in [6.45, 7) is 8.50. The van der Waals surface area contributed by atoms with Crippen LogP contribution in [0.25, 0.3) is 0 Å². The molecule has 2 aliphatic carbocycles. The van der Waals surface area contributed by atoms with Crippen LogP contribution >= 0.6 is 0 Å². The molecule has 17 heavy (non-hydrogen) atoms. The quantitative estimate of drug-likeness (QED) is 0.765. The van der Waals surface area contributed by atoms with Crippen molar-refractivity contribution in [3.63, 3.8) is 0 Å². The topological polar surface area (TPSA) is 12.0 Å². The lowest BCUT2D eigenvalue weighted by Gasteiger charge is -2.26. The fourth-order valence-corrected chi connectivity index (χ4v) is 3.72. The maximum atomic E-state index is 3.80. The Balaban J connectivity index is 1.57. The number of rotatable bonds is 4. The molecule has 0 radical (unpaired) electrons. The van der Waals surface area contributed by atoms with Crippen molar-refractivity contribution in [1.29, 1.82) is 0 Å². The molecule has 1 heteroatoms. The molecule has 0 heterocycles. The maximum Gasteiger partial charge on any atom is 0.00723 e. The highest BCUT2D eigenvalue weighted by Crippen LogP contribution is 2.37. The van der Waals surface area contributed by atoms with E-state index >= 15 is 0 Å². The molecule has 2 saturated carbocycles. The van der Waals surface area contributed by atoms with E-state index in [-0.39, 0.29) is 0 Å². The summed E-state index contributed by atoms with van der Waals surface area (Å²) in [7, 11) is 0. The third-order valence-electron chi connectivity index (χ3n) is 5.09. The van der Waals surface area contributed by atoms with Crippen molar-refractivity contribution >= 4 is 0 Å².